The zero-order valence-corrected chi connectivity index (χ0v) is 11.0. The largest absolute Gasteiger partial charge is 0.278 e. The van der Waals surface area contributed by atoms with Gasteiger partial charge < -0.3 is 0 Å². The molecule has 21 heavy (non-hydrogen) atoms. The number of aliphatic imine (C=N–C) groups is 1. The van der Waals surface area contributed by atoms with Crippen LogP contribution in [0, 0.1) is 10.1 Å². The first kappa shape index (κ1) is 12.9. The molecule has 0 saturated heterocycles. The van der Waals surface area contributed by atoms with Crippen LogP contribution in [-0.4, -0.2) is 16.1 Å². The Bertz CT molecular complexity index is 844. The molecule has 1 aromatic heterocycles. The number of hydrogen-bond donors (Lipinski definition) is 0. The minimum absolute atomic E-state index is 0.0451. The van der Waals surface area contributed by atoms with E-state index >= 15 is 0 Å². The van der Waals surface area contributed by atoms with Crippen molar-refractivity contribution in [2.75, 3.05) is 0 Å². The van der Waals surface area contributed by atoms with Crippen molar-refractivity contribution in [1.29, 1.82) is 0 Å². The van der Waals surface area contributed by atoms with Crippen LogP contribution in [-0.2, 0) is 0 Å². The summed E-state index contributed by atoms with van der Waals surface area (Å²) in [6, 6.07) is 15.9. The van der Waals surface area contributed by atoms with Crippen molar-refractivity contribution < 1.29 is 4.92 Å². The van der Waals surface area contributed by atoms with E-state index in [4.69, 9.17) is 0 Å². The fourth-order valence-electron chi connectivity index (χ4n) is 2.05. The van der Waals surface area contributed by atoms with Gasteiger partial charge in [0.1, 0.15) is 0 Å². The summed E-state index contributed by atoms with van der Waals surface area (Å²) in [6.07, 6.45) is 3.24. The van der Waals surface area contributed by atoms with Gasteiger partial charge in [-0.25, -0.2) is 0 Å². The second kappa shape index (κ2) is 5.50. The van der Waals surface area contributed by atoms with Gasteiger partial charge in [0.15, 0.2) is 0 Å². The molecule has 1 heterocycles. The number of fused-ring (bicyclic) bond motifs is 1. The van der Waals surface area contributed by atoms with E-state index in [0.717, 1.165) is 16.6 Å². The molecule has 3 aromatic rings. The Kier molecular flexibility index (Phi) is 3.39. The highest BCUT2D eigenvalue weighted by atomic mass is 16.6. The summed E-state index contributed by atoms with van der Waals surface area (Å²) in [7, 11) is 0. The van der Waals surface area contributed by atoms with Gasteiger partial charge >= 0.3 is 0 Å². The van der Waals surface area contributed by atoms with Crippen LogP contribution in [0.3, 0.4) is 0 Å². The summed E-state index contributed by atoms with van der Waals surface area (Å²) in [6.45, 7) is 0. The molecule has 0 N–H and O–H groups in total. The Balaban J connectivity index is 1.96. The van der Waals surface area contributed by atoms with Gasteiger partial charge in [0.05, 0.1) is 21.7 Å². The molecule has 5 nitrogen and oxygen atoms in total. The van der Waals surface area contributed by atoms with Crippen molar-refractivity contribution in [3.8, 4) is 0 Å². The van der Waals surface area contributed by atoms with E-state index in [1.807, 2.05) is 30.3 Å². The highest BCUT2D eigenvalue weighted by molar-refractivity contribution is 5.88. The fraction of sp³-hybridized carbons (Fsp3) is 0. The molecular formula is C16H11N3O2. The standard InChI is InChI=1S/C16H11N3O2/c20-19(21)16-6-2-1-4-13(16)11-18-14-7-8-15-12(10-14)5-3-9-17-15/h1-11H. The molecule has 0 fully saturated rings. The number of hydrogen-bond acceptors (Lipinski definition) is 4. The number of aromatic nitrogens is 1. The summed E-state index contributed by atoms with van der Waals surface area (Å²) < 4.78 is 0. The first-order chi connectivity index (χ1) is 10.2. The van der Waals surface area contributed by atoms with E-state index in [-0.39, 0.29) is 5.69 Å². The van der Waals surface area contributed by atoms with Crippen molar-refractivity contribution in [3.63, 3.8) is 0 Å². The third kappa shape index (κ3) is 2.76. The van der Waals surface area contributed by atoms with Crippen LogP contribution in [0.1, 0.15) is 5.56 Å². The number of rotatable bonds is 3. The van der Waals surface area contributed by atoms with Crippen molar-refractivity contribution in [2.24, 2.45) is 4.99 Å². The Morgan fingerprint density at radius 3 is 2.81 bits per heavy atom. The zero-order valence-electron chi connectivity index (χ0n) is 11.0. The molecule has 2 aromatic carbocycles. The Morgan fingerprint density at radius 2 is 1.95 bits per heavy atom. The molecule has 0 unspecified atom stereocenters. The average Bonchev–Trinajstić information content (AvgIpc) is 2.53. The van der Waals surface area contributed by atoms with E-state index in [2.05, 4.69) is 9.98 Å². The normalized spacial score (nSPS) is 11.0. The highest BCUT2D eigenvalue weighted by Gasteiger charge is 2.09. The van der Waals surface area contributed by atoms with E-state index in [9.17, 15) is 10.1 Å². The minimum Gasteiger partial charge on any atom is -0.258 e. The van der Waals surface area contributed by atoms with Crippen LogP contribution >= 0.6 is 0 Å². The molecule has 0 radical (unpaired) electrons. The second-order valence-electron chi connectivity index (χ2n) is 4.45. The van der Waals surface area contributed by atoms with Crippen molar-refractivity contribution >= 4 is 28.5 Å². The summed E-state index contributed by atoms with van der Waals surface area (Å²) in [4.78, 5) is 19.1. The lowest BCUT2D eigenvalue weighted by Crippen LogP contribution is -1.93. The zero-order chi connectivity index (χ0) is 14.7. The molecule has 5 heteroatoms. The van der Waals surface area contributed by atoms with Gasteiger partial charge in [0.2, 0.25) is 0 Å². The lowest BCUT2D eigenvalue weighted by molar-refractivity contribution is -0.385. The predicted molar refractivity (Wildman–Crippen MR) is 82.1 cm³/mol. The Morgan fingerprint density at radius 1 is 1.10 bits per heavy atom. The summed E-state index contributed by atoms with van der Waals surface area (Å²) in [5.41, 5.74) is 2.15. The molecular weight excluding hydrogens is 266 g/mol. The van der Waals surface area contributed by atoms with Gasteiger partial charge in [-0.2, -0.15) is 0 Å². The number of nitrogens with zero attached hydrogens (tertiary/aromatic N) is 3. The number of nitro groups is 1. The molecule has 102 valence electrons. The fourth-order valence-corrected chi connectivity index (χ4v) is 2.05. The number of benzene rings is 2. The number of nitro benzene ring substituents is 1. The second-order valence-corrected chi connectivity index (χ2v) is 4.45. The first-order valence-corrected chi connectivity index (χ1v) is 6.36. The number of pyridine rings is 1. The molecule has 0 atom stereocenters. The lowest BCUT2D eigenvalue weighted by atomic mass is 10.2. The highest BCUT2D eigenvalue weighted by Crippen LogP contribution is 2.21. The van der Waals surface area contributed by atoms with E-state index in [0.29, 0.717) is 5.56 Å². The van der Waals surface area contributed by atoms with Gasteiger partial charge in [0, 0.05) is 23.9 Å². The smallest absolute Gasteiger partial charge is 0.258 e. The average molecular weight is 277 g/mol. The van der Waals surface area contributed by atoms with E-state index in [1.165, 1.54) is 12.3 Å². The Hall–Kier alpha value is -3.08. The van der Waals surface area contributed by atoms with Crippen LogP contribution in [0.5, 0.6) is 0 Å². The van der Waals surface area contributed by atoms with Gasteiger partial charge in [-0.3, -0.25) is 20.1 Å². The molecule has 0 aliphatic rings. The van der Waals surface area contributed by atoms with Gasteiger partial charge in [-0.1, -0.05) is 18.2 Å². The van der Waals surface area contributed by atoms with Gasteiger partial charge in [0.25, 0.3) is 5.69 Å². The SMILES string of the molecule is O=[N+]([O-])c1ccccc1C=Nc1ccc2ncccc2c1. The Labute approximate surface area is 120 Å². The van der Waals surface area contributed by atoms with Crippen LogP contribution < -0.4 is 0 Å². The van der Waals surface area contributed by atoms with Crippen LogP contribution in [0.4, 0.5) is 11.4 Å². The quantitative estimate of drug-likeness (QED) is 0.414. The van der Waals surface area contributed by atoms with Crippen LogP contribution in [0.2, 0.25) is 0 Å². The van der Waals surface area contributed by atoms with Crippen molar-refractivity contribution in [3.05, 3.63) is 76.5 Å². The minimum atomic E-state index is -0.411. The van der Waals surface area contributed by atoms with Crippen LogP contribution in [0.25, 0.3) is 10.9 Å². The summed E-state index contributed by atoms with van der Waals surface area (Å²) >= 11 is 0. The summed E-state index contributed by atoms with van der Waals surface area (Å²) in [5.74, 6) is 0. The maximum Gasteiger partial charge on any atom is 0.278 e. The maximum absolute atomic E-state index is 10.9. The third-order valence-electron chi connectivity index (χ3n) is 3.07. The lowest BCUT2D eigenvalue weighted by Gasteiger charge is -1.99. The molecule has 0 amide bonds. The molecule has 0 aliphatic heterocycles. The first-order valence-electron chi connectivity index (χ1n) is 6.36. The third-order valence-corrected chi connectivity index (χ3v) is 3.07. The van der Waals surface area contributed by atoms with E-state index in [1.54, 1.807) is 24.4 Å². The molecule has 0 saturated carbocycles. The number of para-hydroxylation sites is 1. The topological polar surface area (TPSA) is 68.4 Å². The van der Waals surface area contributed by atoms with Crippen molar-refractivity contribution in [1.82, 2.24) is 4.98 Å². The predicted octanol–water partition coefficient (Wildman–Crippen LogP) is 3.89. The molecule has 0 bridgehead atoms. The molecule has 3 rings (SSSR count). The van der Waals surface area contributed by atoms with Gasteiger partial charge in [-0.05, 0) is 30.3 Å². The van der Waals surface area contributed by atoms with E-state index < -0.39 is 4.92 Å². The molecule has 0 aliphatic carbocycles. The monoisotopic (exact) mass is 277 g/mol. The summed E-state index contributed by atoms with van der Waals surface area (Å²) in [5, 5.41) is 11.9. The maximum atomic E-state index is 10.9. The molecule has 0 spiro atoms. The van der Waals surface area contributed by atoms with Crippen molar-refractivity contribution in [2.45, 2.75) is 0 Å². The van der Waals surface area contributed by atoms with Gasteiger partial charge in [-0.15, -0.1) is 0 Å². The van der Waals surface area contributed by atoms with Crippen LogP contribution in [0.15, 0.2) is 65.8 Å².